The molecular formula is C33H39NO4. The van der Waals surface area contributed by atoms with Gasteiger partial charge >= 0.3 is 5.97 Å². The first-order chi connectivity index (χ1) is 18.3. The van der Waals surface area contributed by atoms with Crippen molar-refractivity contribution in [3.8, 4) is 0 Å². The zero-order valence-corrected chi connectivity index (χ0v) is 22.5. The summed E-state index contributed by atoms with van der Waals surface area (Å²) in [5.74, 6) is -0.542. The molecule has 4 rings (SSSR count). The average Bonchev–Trinajstić information content (AvgIpc) is 2.93. The molecule has 5 nitrogen and oxygen atoms in total. The maximum Gasteiger partial charge on any atom is 0.307 e. The summed E-state index contributed by atoms with van der Waals surface area (Å²) in [4.78, 5) is 26.4. The largest absolute Gasteiger partial charge is 0.481 e. The van der Waals surface area contributed by atoms with E-state index in [0.717, 1.165) is 72.3 Å². The lowest BCUT2D eigenvalue weighted by Gasteiger charge is -2.42. The number of nitrogens with zero attached hydrogens (tertiary/aromatic N) is 1. The molecule has 0 aromatic heterocycles. The minimum absolute atomic E-state index is 0.0209. The van der Waals surface area contributed by atoms with Crippen molar-refractivity contribution in [2.45, 2.75) is 58.0 Å². The maximum absolute atomic E-state index is 12.8. The molecule has 3 aromatic rings. The average molecular weight is 514 g/mol. The topological polar surface area (TPSA) is 77.8 Å². The van der Waals surface area contributed by atoms with Gasteiger partial charge in [0.2, 0.25) is 0 Å². The Balaban J connectivity index is 1.31. The van der Waals surface area contributed by atoms with Gasteiger partial charge in [-0.15, -0.1) is 0 Å². The van der Waals surface area contributed by atoms with Gasteiger partial charge in [0.25, 0.3) is 0 Å². The molecule has 0 unspecified atom stereocenters. The van der Waals surface area contributed by atoms with Crippen LogP contribution in [0.1, 0.15) is 59.1 Å². The Kier molecular flexibility index (Phi) is 9.13. The second kappa shape index (κ2) is 12.5. The van der Waals surface area contributed by atoms with Crippen molar-refractivity contribution in [2.24, 2.45) is 5.92 Å². The fourth-order valence-electron chi connectivity index (χ4n) is 5.95. The van der Waals surface area contributed by atoms with E-state index in [4.69, 9.17) is 5.11 Å². The molecule has 1 heterocycles. The van der Waals surface area contributed by atoms with Gasteiger partial charge in [-0.25, -0.2) is 0 Å². The van der Waals surface area contributed by atoms with Gasteiger partial charge in [-0.2, -0.15) is 0 Å². The molecule has 0 amide bonds. The summed E-state index contributed by atoms with van der Waals surface area (Å²) in [5, 5.41) is 21.2. The summed E-state index contributed by atoms with van der Waals surface area (Å²) in [5.41, 5.74) is 4.57. The van der Waals surface area contributed by atoms with E-state index in [9.17, 15) is 14.7 Å². The van der Waals surface area contributed by atoms with Crippen LogP contribution in [-0.2, 0) is 28.0 Å². The van der Waals surface area contributed by atoms with Gasteiger partial charge in [-0.1, -0.05) is 72.8 Å². The minimum Gasteiger partial charge on any atom is -0.481 e. The molecule has 2 N–H and O–H groups in total. The van der Waals surface area contributed by atoms with E-state index < -0.39 is 11.6 Å². The summed E-state index contributed by atoms with van der Waals surface area (Å²) >= 11 is 0. The summed E-state index contributed by atoms with van der Waals surface area (Å²) < 4.78 is 0. The highest BCUT2D eigenvalue weighted by molar-refractivity contribution is 5.82. The van der Waals surface area contributed by atoms with Crippen LogP contribution in [0.2, 0.25) is 0 Å². The first-order valence-corrected chi connectivity index (χ1v) is 13.7. The van der Waals surface area contributed by atoms with Gasteiger partial charge in [0.1, 0.15) is 11.4 Å². The van der Waals surface area contributed by atoms with E-state index in [0.29, 0.717) is 12.8 Å². The number of aliphatic carboxylic acids is 1. The summed E-state index contributed by atoms with van der Waals surface area (Å²) in [6.45, 7) is 6.57. The van der Waals surface area contributed by atoms with Gasteiger partial charge in [0, 0.05) is 12.8 Å². The Hall–Kier alpha value is -3.28. The molecule has 5 heteroatoms. The number of likely N-dealkylation sites (tertiary alicyclic amines) is 1. The van der Waals surface area contributed by atoms with Gasteiger partial charge in [0.15, 0.2) is 0 Å². The molecule has 1 fully saturated rings. The molecule has 200 valence electrons. The third-order valence-corrected chi connectivity index (χ3v) is 8.20. The van der Waals surface area contributed by atoms with Crippen LogP contribution in [-0.4, -0.2) is 46.5 Å². The van der Waals surface area contributed by atoms with Crippen molar-refractivity contribution < 1.29 is 19.8 Å². The number of hydrogen-bond donors (Lipinski definition) is 2. The molecule has 0 aliphatic carbocycles. The maximum atomic E-state index is 12.8. The minimum atomic E-state index is -1.02. The van der Waals surface area contributed by atoms with Crippen LogP contribution >= 0.6 is 0 Å². The number of benzene rings is 3. The van der Waals surface area contributed by atoms with Crippen LogP contribution in [0, 0.1) is 19.8 Å². The number of piperidine rings is 1. The SMILES string of the molecule is Cc1ccc(CC(=O)O)c(C)c1CC(=O)CCCN1CCC(C(O)(c2ccccc2)c2ccccc2)CC1. The van der Waals surface area contributed by atoms with E-state index in [1.165, 1.54) is 0 Å². The normalized spacial score (nSPS) is 14.9. The van der Waals surface area contributed by atoms with E-state index >= 15 is 0 Å². The molecule has 1 aliphatic rings. The standard InChI is InChI=1S/C33H39NO4/c1-24-15-16-26(22-32(36)37)25(2)31(24)23-30(35)14-9-19-34-20-17-29(18-21-34)33(38,27-10-5-3-6-11-27)28-12-7-4-8-13-28/h3-8,10-13,15-16,29,38H,9,14,17-23H2,1-2H3,(H,36,37). The molecule has 0 radical (unpaired) electrons. The molecule has 0 spiro atoms. The first kappa shape index (κ1) is 27.7. The van der Waals surface area contributed by atoms with E-state index in [-0.39, 0.29) is 18.1 Å². The molecular weight excluding hydrogens is 474 g/mol. The Labute approximate surface area is 226 Å². The number of ketones is 1. The van der Waals surface area contributed by atoms with Gasteiger partial charge in [-0.05, 0) is 92.0 Å². The van der Waals surface area contributed by atoms with Crippen LogP contribution in [0.15, 0.2) is 72.8 Å². The van der Waals surface area contributed by atoms with Crippen LogP contribution in [0.4, 0.5) is 0 Å². The van der Waals surface area contributed by atoms with E-state index in [1.54, 1.807) is 0 Å². The van der Waals surface area contributed by atoms with Gasteiger partial charge < -0.3 is 15.1 Å². The summed E-state index contributed by atoms with van der Waals surface area (Å²) in [6, 6.07) is 23.8. The summed E-state index contributed by atoms with van der Waals surface area (Å²) in [7, 11) is 0. The zero-order chi connectivity index (χ0) is 27.1. The number of aliphatic hydroxyl groups is 1. The van der Waals surface area contributed by atoms with Crippen molar-refractivity contribution in [3.63, 3.8) is 0 Å². The predicted octanol–water partition coefficient (Wildman–Crippen LogP) is 5.47. The smallest absolute Gasteiger partial charge is 0.307 e. The number of carbonyl (C=O) groups excluding carboxylic acids is 1. The Morgan fingerprint density at radius 1 is 0.868 bits per heavy atom. The van der Waals surface area contributed by atoms with Crippen molar-refractivity contribution >= 4 is 11.8 Å². The van der Waals surface area contributed by atoms with Crippen molar-refractivity contribution in [1.29, 1.82) is 0 Å². The van der Waals surface area contributed by atoms with Crippen molar-refractivity contribution in [2.75, 3.05) is 19.6 Å². The monoisotopic (exact) mass is 513 g/mol. The van der Waals surface area contributed by atoms with E-state index in [1.807, 2.05) is 86.6 Å². The molecule has 0 saturated carbocycles. The predicted molar refractivity (Wildman–Crippen MR) is 150 cm³/mol. The Morgan fingerprint density at radius 3 is 2.00 bits per heavy atom. The van der Waals surface area contributed by atoms with Crippen LogP contribution in [0.25, 0.3) is 0 Å². The van der Waals surface area contributed by atoms with Crippen molar-refractivity contribution in [1.82, 2.24) is 4.90 Å². The molecule has 1 aliphatic heterocycles. The van der Waals surface area contributed by atoms with Crippen LogP contribution in [0.3, 0.4) is 0 Å². The van der Waals surface area contributed by atoms with Crippen LogP contribution < -0.4 is 0 Å². The highest BCUT2D eigenvalue weighted by Gasteiger charge is 2.41. The third kappa shape index (κ3) is 6.40. The summed E-state index contributed by atoms with van der Waals surface area (Å²) in [6.07, 6.45) is 3.44. The van der Waals surface area contributed by atoms with Crippen molar-refractivity contribution in [3.05, 3.63) is 106 Å². The second-order valence-electron chi connectivity index (χ2n) is 10.6. The Bertz CT molecular complexity index is 1190. The molecule has 3 aromatic carbocycles. The fraction of sp³-hybridized carbons (Fsp3) is 0.394. The number of carbonyl (C=O) groups is 2. The number of carboxylic acids is 1. The van der Waals surface area contributed by atoms with E-state index in [2.05, 4.69) is 4.90 Å². The molecule has 38 heavy (non-hydrogen) atoms. The number of rotatable bonds is 11. The molecule has 0 atom stereocenters. The Morgan fingerprint density at radius 2 is 1.45 bits per heavy atom. The first-order valence-electron chi connectivity index (χ1n) is 13.7. The fourth-order valence-corrected chi connectivity index (χ4v) is 5.95. The lowest BCUT2D eigenvalue weighted by molar-refractivity contribution is -0.136. The third-order valence-electron chi connectivity index (χ3n) is 8.20. The van der Waals surface area contributed by atoms with Gasteiger partial charge in [0.05, 0.1) is 6.42 Å². The number of aryl methyl sites for hydroxylation is 1. The quantitative estimate of drug-likeness (QED) is 0.356. The highest BCUT2D eigenvalue weighted by atomic mass is 16.4. The molecule has 0 bridgehead atoms. The zero-order valence-electron chi connectivity index (χ0n) is 22.5. The number of carboxylic acid groups (broad SMARTS) is 1. The lowest BCUT2D eigenvalue weighted by atomic mass is 9.72. The number of hydrogen-bond acceptors (Lipinski definition) is 4. The lowest BCUT2D eigenvalue weighted by Crippen LogP contribution is -2.44. The number of Topliss-reactive ketones (excluding diaryl/α,β-unsaturated/α-hetero) is 1. The highest BCUT2D eigenvalue weighted by Crippen LogP contribution is 2.41. The van der Waals surface area contributed by atoms with Crippen LogP contribution in [0.5, 0.6) is 0 Å². The van der Waals surface area contributed by atoms with Gasteiger partial charge in [-0.3, -0.25) is 9.59 Å². The molecule has 1 saturated heterocycles. The second-order valence-corrected chi connectivity index (χ2v) is 10.6.